The molecule has 0 bridgehead atoms. The van der Waals surface area contributed by atoms with Crippen LogP contribution in [0, 0.1) is 12.7 Å². The number of rotatable bonds is 9. The highest BCUT2D eigenvalue weighted by Gasteiger charge is 2.11. The third-order valence-electron chi connectivity index (χ3n) is 3.65. The average molecular weight is 265 g/mol. The molecule has 0 heterocycles. The lowest BCUT2D eigenvalue weighted by atomic mass is 9.98. The summed E-state index contributed by atoms with van der Waals surface area (Å²) in [4.78, 5) is 0. The van der Waals surface area contributed by atoms with Crippen molar-refractivity contribution in [3.63, 3.8) is 0 Å². The van der Waals surface area contributed by atoms with Crippen molar-refractivity contribution in [2.45, 2.75) is 65.3 Å². The smallest absolute Gasteiger partial charge is 0.126 e. The van der Waals surface area contributed by atoms with E-state index < -0.39 is 0 Å². The van der Waals surface area contributed by atoms with Gasteiger partial charge >= 0.3 is 0 Å². The minimum atomic E-state index is -0.0913. The molecule has 2 heteroatoms. The normalized spacial score (nSPS) is 12.6. The second-order valence-corrected chi connectivity index (χ2v) is 5.32. The van der Waals surface area contributed by atoms with Crippen LogP contribution in [-0.4, -0.2) is 6.54 Å². The minimum Gasteiger partial charge on any atom is -0.310 e. The second kappa shape index (κ2) is 9.08. The van der Waals surface area contributed by atoms with Crippen LogP contribution in [0.1, 0.15) is 69.5 Å². The first-order valence-corrected chi connectivity index (χ1v) is 7.68. The van der Waals surface area contributed by atoms with Gasteiger partial charge in [0, 0.05) is 6.04 Å². The Kier molecular flexibility index (Phi) is 7.73. The van der Waals surface area contributed by atoms with E-state index in [1.54, 1.807) is 6.07 Å². The van der Waals surface area contributed by atoms with Gasteiger partial charge in [-0.15, -0.1) is 0 Å². The van der Waals surface area contributed by atoms with Gasteiger partial charge in [0.25, 0.3) is 0 Å². The molecule has 0 amide bonds. The lowest BCUT2D eigenvalue weighted by Gasteiger charge is -2.19. The molecule has 1 rings (SSSR count). The Morgan fingerprint density at radius 2 is 1.84 bits per heavy atom. The molecule has 1 N–H and O–H groups in total. The minimum absolute atomic E-state index is 0.0913. The Bertz CT molecular complexity index is 362. The molecule has 0 aromatic heterocycles. The summed E-state index contributed by atoms with van der Waals surface area (Å²) >= 11 is 0. The molecule has 1 unspecified atom stereocenters. The van der Waals surface area contributed by atoms with Gasteiger partial charge in [-0.3, -0.25) is 0 Å². The predicted molar refractivity (Wildman–Crippen MR) is 80.9 cm³/mol. The van der Waals surface area contributed by atoms with Crippen molar-refractivity contribution in [2.75, 3.05) is 6.54 Å². The van der Waals surface area contributed by atoms with Gasteiger partial charge in [0.05, 0.1) is 0 Å². The van der Waals surface area contributed by atoms with Crippen LogP contribution in [0.15, 0.2) is 18.2 Å². The summed E-state index contributed by atoms with van der Waals surface area (Å²) in [5, 5.41) is 3.47. The van der Waals surface area contributed by atoms with Gasteiger partial charge in [0.1, 0.15) is 5.82 Å². The molecule has 0 saturated carbocycles. The van der Waals surface area contributed by atoms with Crippen molar-refractivity contribution in [3.8, 4) is 0 Å². The van der Waals surface area contributed by atoms with E-state index in [2.05, 4.69) is 25.2 Å². The van der Waals surface area contributed by atoms with Crippen molar-refractivity contribution in [2.24, 2.45) is 0 Å². The van der Waals surface area contributed by atoms with E-state index in [4.69, 9.17) is 0 Å². The number of nitrogens with one attached hydrogen (secondary N) is 1. The molecular weight excluding hydrogens is 237 g/mol. The Hall–Kier alpha value is -0.890. The Labute approximate surface area is 117 Å². The molecule has 0 aliphatic carbocycles. The fourth-order valence-corrected chi connectivity index (χ4v) is 2.41. The van der Waals surface area contributed by atoms with E-state index in [0.717, 1.165) is 24.1 Å². The summed E-state index contributed by atoms with van der Waals surface area (Å²) in [6, 6.07) is 5.92. The summed E-state index contributed by atoms with van der Waals surface area (Å²) in [5.41, 5.74) is 1.81. The first kappa shape index (κ1) is 16.2. The molecule has 1 nitrogen and oxygen atoms in total. The van der Waals surface area contributed by atoms with Crippen molar-refractivity contribution in [1.82, 2.24) is 5.32 Å². The van der Waals surface area contributed by atoms with Crippen LogP contribution in [0.25, 0.3) is 0 Å². The van der Waals surface area contributed by atoms with Crippen LogP contribution in [0.2, 0.25) is 0 Å². The summed E-state index contributed by atoms with van der Waals surface area (Å²) in [6.07, 6.45) is 7.51. The quantitative estimate of drug-likeness (QED) is 0.609. The van der Waals surface area contributed by atoms with E-state index in [-0.39, 0.29) is 5.82 Å². The van der Waals surface area contributed by atoms with Gasteiger partial charge < -0.3 is 5.32 Å². The van der Waals surface area contributed by atoms with Crippen LogP contribution in [0.5, 0.6) is 0 Å². The fourth-order valence-electron chi connectivity index (χ4n) is 2.41. The Morgan fingerprint density at radius 3 is 2.47 bits per heavy atom. The number of hydrogen-bond acceptors (Lipinski definition) is 1. The van der Waals surface area contributed by atoms with Gasteiger partial charge in [-0.25, -0.2) is 4.39 Å². The van der Waals surface area contributed by atoms with Crippen molar-refractivity contribution < 1.29 is 4.39 Å². The zero-order valence-corrected chi connectivity index (χ0v) is 12.6. The van der Waals surface area contributed by atoms with E-state index >= 15 is 0 Å². The van der Waals surface area contributed by atoms with E-state index in [0.29, 0.717) is 6.04 Å². The molecule has 108 valence electrons. The number of hydrogen-bond donors (Lipinski definition) is 1. The molecular formula is C17H28FN. The largest absolute Gasteiger partial charge is 0.310 e. The summed E-state index contributed by atoms with van der Waals surface area (Å²) in [5.74, 6) is -0.0913. The maximum Gasteiger partial charge on any atom is 0.126 e. The highest BCUT2D eigenvalue weighted by Crippen LogP contribution is 2.22. The van der Waals surface area contributed by atoms with Crippen LogP contribution in [0.3, 0.4) is 0 Å². The van der Waals surface area contributed by atoms with E-state index in [9.17, 15) is 4.39 Å². The molecule has 0 fully saturated rings. The molecule has 0 aliphatic rings. The van der Waals surface area contributed by atoms with E-state index in [1.807, 2.05) is 13.0 Å². The maximum atomic E-state index is 13.6. The third kappa shape index (κ3) is 5.73. The van der Waals surface area contributed by atoms with Gasteiger partial charge in [0.15, 0.2) is 0 Å². The van der Waals surface area contributed by atoms with Gasteiger partial charge in [0.2, 0.25) is 0 Å². The summed E-state index contributed by atoms with van der Waals surface area (Å²) < 4.78 is 13.6. The van der Waals surface area contributed by atoms with Crippen LogP contribution in [0.4, 0.5) is 4.39 Å². The topological polar surface area (TPSA) is 12.0 Å². The zero-order valence-electron chi connectivity index (χ0n) is 12.6. The number of benzene rings is 1. The molecule has 0 saturated heterocycles. The number of halogens is 1. The molecule has 0 aliphatic heterocycles. The lowest BCUT2D eigenvalue weighted by molar-refractivity contribution is 0.476. The first-order chi connectivity index (χ1) is 9.19. The number of aryl methyl sites for hydroxylation is 1. The predicted octanol–water partition coefficient (Wildman–Crippen LogP) is 5.15. The molecule has 1 aromatic rings. The van der Waals surface area contributed by atoms with Crippen LogP contribution in [-0.2, 0) is 0 Å². The standard InChI is InChI=1S/C17H28FN/c1-4-6-7-8-9-10-17(19-5-2)15-12-11-14(3)16(18)13-15/h11-13,17,19H,4-10H2,1-3H3. The van der Waals surface area contributed by atoms with Gasteiger partial charge in [-0.05, 0) is 37.1 Å². The van der Waals surface area contributed by atoms with Crippen LogP contribution >= 0.6 is 0 Å². The highest BCUT2D eigenvalue weighted by molar-refractivity contribution is 5.25. The summed E-state index contributed by atoms with van der Waals surface area (Å²) in [7, 11) is 0. The van der Waals surface area contributed by atoms with Crippen molar-refractivity contribution >= 4 is 0 Å². The highest BCUT2D eigenvalue weighted by atomic mass is 19.1. The molecule has 0 spiro atoms. The summed E-state index contributed by atoms with van der Waals surface area (Å²) in [6.45, 7) is 7.08. The van der Waals surface area contributed by atoms with Gasteiger partial charge in [-0.2, -0.15) is 0 Å². The molecule has 19 heavy (non-hydrogen) atoms. The fraction of sp³-hybridized carbons (Fsp3) is 0.647. The lowest BCUT2D eigenvalue weighted by Crippen LogP contribution is -2.21. The van der Waals surface area contributed by atoms with Crippen molar-refractivity contribution in [3.05, 3.63) is 35.1 Å². The Morgan fingerprint density at radius 1 is 1.11 bits per heavy atom. The van der Waals surface area contributed by atoms with Gasteiger partial charge in [-0.1, -0.05) is 58.1 Å². The average Bonchev–Trinajstić information content (AvgIpc) is 2.40. The maximum absolute atomic E-state index is 13.6. The SMILES string of the molecule is CCCCCCCC(NCC)c1ccc(C)c(F)c1. The molecule has 1 aromatic carbocycles. The first-order valence-electron chi connectivity index (χ1n) is 7.68. The molecule has 1 atom stereocenters. The second-order valence-electron chi connectivity index (χ2n) is 5.32. The van der Waals surface area contributed by atoms with Crippen LogP contribution < -0.4 is 5.32 Å². The van der Waals surface area contributed by atoms with E-state index in [1.165, 1.54) is 32.1 Å². The number of unbranched alkanes of at least 4 members (excludes halogenated alkanes) is 4. The Balaban J connectivity index is 2.53. The molecule has 0 radical (unpaired) electrons. The zero-order chi connectivity index (χ0) is 14.1. The van der Waals surface area contributed by atoms with Crippen molar-refractivity contribution in [1.29, 1.82) is 0 Å². The third-order valence-corrected chi connectivity index (χ3v) is 3.65. The monoisotopic (exact) mass is 265 g/mol.